The Morgan fingerprint density at radius 2 is 1.91 bits per heavy atom. The summed E-state index contributed by atoms with van der Waals surface area (Å²) in [5.41, 5.74) is 0.505. The number of rotatable bonds is 1. The summed E-state index contributed by atoms with van der Waals surface area (Å²) in [5, 5.41) is 19.9. The minimum atomic E-state index is 0. The number of phenols is 1. The first-order valence-electron chi connectivity index (χ1n) is 2.80. The second-order valence-corrected chi connectivity index (χ2v) is 1.80. The van der Waals surface area contributed by atoms with Crippen molar-refractivity contribution in [2.24, 2.45) is 5.16 Å². The van der Waals surface area contributed by atoms with Crippen molar-refractivity contribution in [3.63, 3.8) is 0 Å². The van der Waals surface area contributed by atoms with Gasteiger partial charge in [-0.25, -0.2) is 0 Å². The first kappa shape index (κ1) is 9.98. The van der Waals surface area contributed by atoms with Crippen LogP contribution in [0.15, 0.2) is 29.4 Å². The number of nitrogens with zero attached hydrogens (tertiary/aromatic N) is 1. The van der Waals surface area contributed by atoms with E-state index in [9.17, 15) is 0 Å². The minimum Gasteiger partial charge on any atom is -0.507 e. The zero-order valence-electron chi connectivity index (χ0n) is 5.54. The Labute approximate surface area is 74.3 Å². The Morgan fingerprint density at radius 3 is 2.45 bits per heavy atom. The average molecular weight is 196 g/mol. The minimum absolute atomic E-state index is 0. The molecule has 11 heavy (non-hydrogen) atoms. The molecule has 4 heteroatoms. The molecule has 3 nitrogen and oxygen atoms in total. The summed E-state index contributed by atoms with van der Waals surface area (Å²) in [6.45, 7) is 0. The maximum atomic E-state index is 9.04. The molecule has 0 heterocycles. The monoisotopic (exact) mass is 195 g/mol. The first-order chi connectivity index (χ1) is 4.84. The number of para-hydroxylation sites is 1. The number of oxime groups is 1. The van der Waals surface area contributed by atoms with Gasteiger partial charge in [-0.3, -0.25) is 0 Å². The van der Waals surface area contributed by atoms with E-state index in [-0.39, 0.29) is 22.2 Å². The third kappa shape index (κ3) is 2.60. The Hall–Kier alpha value is -1.02. The van der Waals surface area contributed by atoms with Crippen LogP contribution in [0.4, 0.5) is 0 Å². The molecule has 0 atom stereocenters. The van der Waals surface area contributed by atoms with Crippen molar-refractivity contribution in [3.8, 4) is 5.75 Å². The van der Waals surface area contributed by atoms with Crippen molar-refractivity contribution in [2.75, 3.05) is 0 Å². The van der Waals surface area contributed by atoms with Crippen LogP contribution in [0.2, 0.25) is 0 Å². The van der Waals surface area contributed by atoms with Gasteiger partial charge in [-0.05, 0) is 12.1 Å². The molecule has 62 valence electrons. The van der Waals surface area contributed by atoms with Crippen LogP contribution in [0.5, 0.6) is 5.75 Å². The van der Waals surface area contributed by atoms with E-state index in [0.29, 0.717) is 5.56 Å². The summed E-state index contributed by atoms with van der Waals surface area (Å²) in [7, 11) is 0. The zero-order valence-corrected chi connectivity index (χ0v) is 6.53. The third-order valence-electron chi connectivity index (χ3n) is 1.13. The van der Waals surface area contributed by atoms with E-state index in [1.165, 1.54) is 12.3 Å². The summed E-state index contributed by atoms with van der Waals surface area (Å²) in [6, 6.07) is 6.62. The summed E-state index contributed by atoms with van der Waals surface area (Å²) >= 11 is 0. The van der Waals surface area contributed by atoms with Crippen LogP contribution in [0.25, 0.3) is 0 Å². The number of aromatic hydroxyl groups is 1. The molecule has 0 spiro atoms. The standard InChI is InChI=1S/C7H7NO2.Ni/c9-7-4-2-1-3-6(7)5-8-10;/h1-5,9-10H;. The molecule has 0 unspecified atom stereocenters. The van der Waals surface area contributed by atoms with E-state index in [4.69, 9.17) is 10.3 Å². The summed E-state index contributed by atoms with van der Waals surface area (Å²) in [6.07, 6.45) is 1.18. The van der Waals surface area contributed by atoms with E-state index in [0.717, 1.165) is 0 Å². The van der Waals surface area contributed by atoms with Gasteiger partial charge in [0.1, 0.15) is 5.75 Å². The fourth-order valence-corrected chi connectivity index (χ4v) is 0.659. The van der Waals surface area contributed by atoms with Crippen molar-refractivity contribution in [2.45, 2.75) is 0 Å². The normalized spacial score (nSPS) is 9.45. The Bertz CT molecular complexity index is 250. The first-order valence-corrected chi connectivity index (χ1v) is 2.80. The molecule has 0 radical (unpaired) electrons. The maximum Gasteiger partial charge on any atom is 0.124 e. The molecule has 0 amide bonds. The van der Waals surface area contributed by atoms with Crippen LogP contribution >= 0.6 is 0 Å². The van der Waals surface area contributed by atoms with Crippen LogP contribution < -0.4 is 0 Å². The van der Waals surface area contributed by atoms with Gasteiger partial charge in [-0.2, -0.15) is 0 Å². The molecule has 0 saturated heterocycles. The molecule has 2 N–H and O–H groups in total. The van der Waals surface area contributed by atoms with Crippen molar-refractivity contribution >= 4 is 6.21 Å². The predicted molar refractivity (Wildman–Crippen MR) is 37.5 cm³/mol. The predicted octanol–water partition coefficient (Wildman–Crippen LogP) is 1.20. The van der Waals surface area contributed by atoms with Crippen LogP contribution in [0.3, 0.4) is 0 Å². The Morgan fingerprint density at radius 1 is 1.27 bits per heavy atom. The quantitative estimate of drug-likeness (QED) is 0.306. The van der Waals surface area contributed by atoms with E-state index in [2.05, 4.69) is 5.16 Å². The van der Waals surface area contributed by atoms with Gasteiger partial charge < -0.3 is 10.3 Å². The fraction of sp³-hybridized carbons (Fsp3) is 0. The third-order valence-corrected chi connectivity index (χ3v) is 1.13. The summed E-state index contributed by atoms with van der Waals surface area (Å²) in [4.78, 5) is 0. The SMILES string of the molecule is ON=Cc1ccccc1O.[Ni]. The zero-order chi connectivity index (χ0) is 7.40. The van der Waals surface area contributed by atoms with E-state index in [1.807, 2.05) is 0 Å². The van der Waals surface area contributed by atoms with Gasteiger partial charge >= 0.3 is 0 Å². The summed E-state index contributed by atoms with van der Waals surface area (Å²) < 4.78 is 0. The average Bonchev–Trinajstić information content (AvgIpc) is 1.94. The van der Waals surface area contributed by atoms with Crippen LogP contribution in [0.1, 0.15) is 5.56 Å². The number of phenolic OH excluding ortho intramolecular Hbond substituents is 1. The van der Waals surface area contributed by atoms with E-state index in [1.54, 1.807) is 18.2 Å². The maximum absolute atomic E-state index is 9.04. The summed E-state index contributed by atoms with van der Waals surface area (Å²) in [5.74, 6) is 0.111. The number of benzene rings is 1. The van der Waals surface area contributed by atoms with E-state index < -0.39 is 0 Å². The number of hydrogen-bond acceptors (Lipinski definition) is 3. The van der Waals surface area contributed by atoms with Crippen LogP contribution in [-0.4, -0.2) is 16.5 Å². The molecular weight excluding hydrogens is 189 g/mol. The van der Waals surface area contributed by atoms with Gasteiger partial charge in [0, 0.05) is 22.1 Å². The Balaban J connectivity index is 0.000001000. The van der Waals surface area contributed by atoms with Gasteiger partial charge in [0.05, 0.1) is 6.21 Å². The second-order valence-electron chi connectivity index (χ2n) is 1.80. The second kappa shape index (κ2) is 4.75. The van der Waals surface area contributed by atoms with Crippen molar-refractivity contribution in [3.05, 3.63) is 29.8 Å². The molecular formula is C7H7NNiO2. The molecule has 0 saturated carbocycles. The molecule has 0 aromatic heterocycles. The van der Waals surface area contributed by atoms with Gasteiger partial charge in [0.25, 0.3) is 0 Å². The van der Waals surface area contributed by atoms with Crippen LogP contribution in [0, 0.1) is 0 Å². The fourth-order valence-electron chi connectivity index (χ4n) is 0.659. The Kier molecular flexibility index (Phi) is 4.31. The van der Waals surface area contributed by atoms with E-state index >= 15 is 0 Å². The molecule has 0 aliphatic heterocycles. The van der Waals surface area contributed by atoms with Gasteiger partial charge in [0.15, 0.2) is 0 Å². The molecule has 1 aromatic rings. The van der Waals surface area contributed by atoms with Crippen molar-refractivity contribution in [1.29, 1.82) is 0 Å². The smallest absolute Gasteiger partial charge is 0.124 e. The largest absolute Gasteiger partial charge is 0.507 e. The number of hydrogen-bond donors (Lipinski definition) is 2. The topological polar surface area (TPSA) is 52.8 Å². The van der Waals surface area contributed by atoms with Crippen LogP contribution in [-0.2, 0) is 16.5 Å². The van der Waals surface area contributed by atoms with Crippen molar-refractivity contribution < 1.29 is 26.8 Å². The molecule has 1 rings (SSSR count). The molecule has 0 aliphatic carbocycles. The molecule has 0 fully saturated rings. The molecule has 0 bridgehead atoms. The van der Waals surface area contributed by atoms with Gasteiger partial charge in [-0.15, -0.1) is 0 Å². The molecule has 0 aliphatic rings. The molecule has 1 aromatic carbocycles. The van der Waals surface area contributed by atoms with Crippen molar-refractivity contribution in [1.82, 2.24) is 0 Å². The van der Waals surface area contributed by atoms with Gasteiger partial charge in [-0.1, -0.05) is 17.3 Å². The van der Waals surface area contributed by atoms with Gasteiger partial charge in [0.2, 0.25) is 0 Å².